The van der Waals surface area contributed by atoms with E-state index in [1.807, 2.05) is 25.1 Å². The van der Waals surface area contributed by atoms with Crippen molar-refractivity contribution in [3.05, 3.63) is 29.6 Å². The van der Waals surface area contributed by atoms with Crippen LogP contribution in [0.2, 0.25) is 0 Å². The third kappa shape index (κ3) is 4.44. The van der Waals surface area contributed by atoms with Crippen LogP contribution in [0.3, 0.4) is 0 Å². The molecule has 0 saturated heterocycles. The number of hydrogen-bond donors (Lipinski definition) is 2. The van der Waals surface area contributed by atoms with Crippen LogP contribution in [0.25, 0.3) is 11.0 Å². The van der Waals surface area contributed by atoms with Crippen LogP contribution in [0.5, 0.6) is 0 Å². The van der Waals surface area contributed by atoms with Gasteiger partial charge in [-0.15, -0.1) is 0 Å². The third-order valence-electron chi connectivity index (χ3n) is 3.29. The molecule has 0 bridgehead atoms. The molecule has 2 N–H and O–H groups in total. The second-order valence-corrected chi connectivity index (χ2v) is 5.49. The Morgan fingerprint density at radius 2 is 2.12 bits per heavy atom. The summed E-state index contributed by atoms with van der Waals surface area (Å²) < 4.78 is 53.6. The smallest absolute Gasteiger partial charge is 0.330 e. The highest BCUT2D eigenvalue weighted by Crippen LogP contribution is 2.22. The molecule has 0 spiro atoms. The molecule has 1 amide bonds. The summed E-state index contributed by atoms with van der Waals surface area (Å²) in [5, 5.41) is 2.50. The zero-order valence-corrected chi connectivity index (χ0v) is 13.1. The van der Waals surface area contributed by atoms with Crippen LogP contribution in [-0.2, 0) is 9.53 Å². The van der Waals surface area contributed by atoms with Gasteiger partial charge in [-0.05, 0) is 31.5 Å². The molecule has 24 heavy (non-hydrogen) atoms. The normalized spacial score (nSPS) is 13.5. The molecular formula is C15H17F4N3O2. The number of aromatic nitrogens is 2. The van der Waals surface area contributed by atoms with Gasteiger partial charge in [-0.1, -0.05) is 6.07 Å². The summed E-state index contributed by atoms with van der Waals surface area (Å²) >= 11 is 0. The van der Waals surface area contributed by atoms with Gasteiger partial charge in [0.2, 0.25) is 5.91 Å². The van der Waals surface area contributed by atoms with E-state index in [1.165, 1.54) is 0 Å². The highest BCUT2D eigenvalue weighted by molar-refractivity contribution is 5.78. The van der Waals surface area contributed by atoms with Crippen molar-refractivity contribution in [2.45, 2.75) is 32.2 Å². The number of nitrogens with zero attached hydrogens (tertiary/aromatic N) is 1. The standard InChI is InChI=1S/C15H17F4N3O2/c1-8-3-4-10-11(5-8)22-13(21-10)9(2)20-12(23)6-24-7-15(18,19)14(16)17/h3-5,9,14H,6-7H2,1-2H3,(H,20,23)(H,21,22)/t9-/m1/s1. The Balaban J connectivity index is 1.88. The Morgan fingerprint density at radius 1 is 1.42 bits per heavy atom. The first kappa shape index (κ1) is 18.2. The molecule has 1 heterocycles. The highest BCUT2D eigenvalue weighted by Gasteiger charge is 2.41. The number of benzene rings is 1. The molecule has 1 aromatic carbocycles. The van der Waals surface area contributed by atoms with E-state index in [0.29, 0.717) is 5.82 Å². The second kappa shape index (κ2) is 7.16. The summed E-state index contributed by atoms with van der Waals surface area (Å²) in [5.74, 6) is -4.49. The number of alkyl halides is 4. The predicted molar refractivity (Wildman–Crippen MR) is 79.2 cm³/mol. The van der Waals surface area contributed by atoms with Gasteiger partial charge in [0.25, 0.3) is 0 Å². The van der Waals surface area contributed by atoms with Crippen LogP contribution in [0.15, 0.2) is 18.2 Å². The van der Waals surface area contributed by atoms with Crippen molar-refractivity contribution in [3.63, 3.8) is 0 Å². The fourth-order valence-electron chi connectivity index (χ4n) is 2.04. The lowest BCUT2D eigenvalue weighted by Crippen LogP contribution is -2.36. The minimum atomic E-state index is -4.28. The molecule has 5 nitrogen and oxygen atoms in total. The number of aromatic amines is 1. The number of carbonyl (C=O) groups excluding carboxylic acids is 1. The van der Waals surface area contributed by atoms with Crippen molar-refractivity contribution in [1.29, 1.82) is 0 Å². The van der Waals surface area contributed by atoms with E-state index in [4.69, 9.17) is 0 Å². The molecule has 0 aliphatic rings. The lowest BCUT2D eigenvalue weighted by Gasteiger charge is -2.16. The zero-order valence-electron chi connectivity index (χ0n) is 13.1. The first-order valence-corrected chi connectivity index (χ1v) is 7.18. The number of aryl methyl sites for hydroxylation is 1. The quantitative estimate of drug-likeness (QED) is 0.757. The lowest BCUT2D eigenvalue weighted by molar-refractivity contribution is -0.168. The summed E-state index contributed by atoms with van der Waals surface area (Å²) in [7, 11) is 0. The maximum Gasteiger partial charge on any atom is 0.330 e. The van der Waals surface area contributed by atoms with Gasteiger partial charge in [0, 0.05) is 0 Å². The average molecular weight is 347 g/mol. The molecule has 0 fully saturated rings. The van der Waals surface area contributed by atoms with Crippen molar-refractivity contribution in [1.82, 2.24) is 15.3 Å². The number of fused-ring (bicyclic) bond motifs is 1. The molecule has 132 valence electrons. The Kier molecular flexibility index (Phi) is 5.43. The Hall–Kier alpha value is -2.16. The van der Waals surface area contributed by atoms with Crippen LogP contribution in [0.4, 0.5) is 17.6 Å². The van der Waals surface area contributed by atoms with Crippen molar-refractivity contribution in [3.8, 4) is 0 Å². The van der Waals surface area contributed by atoms with E-state index in [9.17, 15) is 22.4 Å². The summed E-state index contributed by atoms with van der Waals surface area (Å²) in [6.45, 7) is 1.32. The molecular weight excluding hydrogens is 330 g/mol. The molecule has 0 unspecified atom stereocenters. The Bertz CT molecular complexity index is 718. The van der Waals surface area contributed by atoms with Gasteiger partial charge in [-0.25, -0.2) is 13.8 Å². The number of nitrogens with one attached hydrogen (secondary N) is 2. The van der Waals surface area contributed by atoms with Crippen molar-refractivity contribution in [2.75, 3.05) is 13.2 Å². The summed E-state index contributed by atoms with van der Waals surface area (Å²) in [6, 6.07) is 5.10. The van der Waals surface area contributed by atoms with Gasteiger partial charge < -0.3 is 15.0 Å². The van der Waals surface area contributed by atoms with E-state index in [0.717, 1.165) is 16.6 Å². The average Bonchev–Trinajstić information content (AvgIpc) is 2.89. The van der Waals surface area contributed by atoms with Gasteiger partial charge in [0.15, 0.2) is 0 Å². The van der Waals surface area contributed by atoms with Gasteiger partial charge in [-0.3, -0.25) is 4.79 Å². The van der Waals surface area contributed by atoms with Crippen LogP contribution < -0.4 is 5.32 Å². The number of amides is 1. The molecule has 0 aliphatic heterocycles. The van der Waals surface area contributed by atoms with E-state index in [2.05, 4.69) is 20.0 Å². The maximum absolute atomic E-state index is 12.7. The van der Waals surface area contributed by atoms with Crippen LogP contribution >= 0.6 is 0 Å². The van der Waals surface area contributed by atoms with Crippen LogP contribution in [0, 0.1) is 6.92 Å². The number of H-pyrrole nitrogens is 1. The van der Waals surface area contributed by atoms with Crippen LogP contribution in [0.1, 0.15) is 24.4 Å². The van der Waals surface area contributed by atoms with Gasteiger partial charge in [0.05, 0.1) is 17.1 Å². The van der Waals surface area contributed by atoms with E-state index in [1.54, 1.807) is 6.92 Å². The number of rotatable bonds is 7. The number of hydrogen-bond acceptors (Lipinski definition) is 3. The molecule has 1 aromatic heterocycles. The summed E-state index contributed by atoms with van der Waals surface area (Å²) in [5.41, 5.74) is 2.58. The first-order chi connectivity index (χ1) is 11.2. The minimum Gasteiger partial charge on any atom is -0.365 e. The van der Waals surface area contributed by atoms with Gasteiger partial charge in [0.1, 0.15) is 19.0 Å². The molecule has 0 radical (unpaired) electrons. The van der Waals surface area contributed by atoms with Gasteiger partial charge in [-0.2, -0.15) is 8.78 Å². The Morgan fingerprint density at radius 3 is 2.79 bits per heavy atom. The molecule has 9 heteroatoms. The summed E-state index contributed by atoms with van der Waals surface area (Å²) in [6.07, 6.45) is -3.83. The number of imidazole rings is 1. The molecule has 2 rings (SSSR count). The summed E-state index contributed by atoms with van der Waals surface area (Å²) in [4.78, 5) is 19.0. The fraction of sp³-hybridized carbons (Fsp3) is 0.467. The predicted octanol–water partition coefficient (Wildman–Crippen LogP) is 2.97. The SMILES string of the molecule is Cc1ccc2nc([C@@H](C)NC(=O)COCC(F)(F)C(F)F)[nH]c2c1. The van der Waals surface area contributed by atoms with Crippen molar-refractivity contribution in [2.24, 2.45) is 0 Å². The largest absolute Gasteiger partial charge is 0.365 e. The van der Waals surface area contributed by atoms with Crippen LogP contribution in [-0.4, -0.2) is 41.4 Å². The third-order valence-corrected chi connectivity index (χ3v) is 3.29. The molecule has 2 aromatic rings. The molecule has 0 saturated carbocycles. The van der Waals surface area contributed by atoms with E-state index < -0.39 is 37.5 Å². The van der Waals surface area contributed by atoms with Gasteiger partial charge >= 0.3 is 12.3 Å². The van der Waals surface area contributed by atoms with Crippen molar-refractivity contribution >= 4 is 16.9 Å². The minimum absolute atomic E-state index is 0.488. The number of carbonyl (C=O) groups is 1. The van der Waals surface area contributed by atoms with Crippen molar-refractivity contribution < 1.29 is 27.1 Å². The Labute approximate surface area is 135 Å². The lowest BCUT2D eigenvalue weighted by atomic mass is 10.2. The van der Waals surface area contributed by atoms with E-state index >= 15 is 0 Å². The second-order valence-electron chi connectivity index (χ2n) is 5.49. The molecule has 1 atom stereocenters. The monoisotopic (exact) mass is 347 g/mol. The number of halogens is 4. The zero-order chi connectivity index (χ0) is 17.9. The number of ether oxygens (including phenoxy) is 1. The fourth-order valence-corrected chi connectivity index (χ4v) is 2.04. The maximum atomic E-state index is 12.7. The highest BCUT2D eigenvalue weighted by atomic mass is 19.3. The first-order valence-electron chi connectivity index (χ1n) is 7.18. The van der Waals surface area contributed by atoms with E-state index in [-0.39, 0.29) is 0 Å². The molecule has 0 aliphatic carbocycles. The topological polar surface area (TPSA) is 67.0 Å².